The number of anilines is 1. The van der Waals surface area contributed by atoms with E-state index in [1.54, 1.807) is 31.3 Å². The predicted molar refractivity (Wildman–Crippen MR) is 98.7 cm³/mol. The van der Waals surface area contributed by atoms with Gasteiger partial charge in [-0.2, -0.15) is 5.10 Å². The number of benzene rings is 2. The maximum Gasteiger partial charge on any atom is 0.266 e. The first-order chi connectivity index (χ1) is 12.0. The van der Waals surface area contributed by atoms with E-state index in [0.29, 0.717) is 16.4 Å². The van der Waals surface area contributed by atoms with E-state index < -0.39 is 0 Å². The summed E-state index contributed by atoms with van der Waals surface area (Å²) in [5.74, 6) is -0.138. The first-order valence-electron chi connectivity index (χ1n) is 7.71. The molecule has 3 rings (SSSR count). The number of aryl methyl sites for hydroxylation is 1. The number of hydrogen-bond donors (Lipinski definition) is 1. The molecule has 0 bridgehead atoms. The van der Waals surface area contributed by atoms with Crippen molar-refractivity contribution in [2.24, 2.45) is 7.05 Å². The van der Waals surface area contributed by atoms with E-state index in [4.69, 9.17) is 11.6 Å². The highest BCUT2D eigenvalue weighted by Crippen LogP contribution is 2.19. The van der Waals surface area contributed by atoms with Crippen LogP contribution in [0.4, 0.5) is 5.69 Å². The van der Waals surface area contributed by atoms with Crippen molar-refractivity contribution in [1.82, 2.24) is 9.78 Å². The largest absolute Gasteiger partial charge is 0.326 e. The van der Waals surface area contributed by atoms with Gasteiger partial charge in [0.1, 0.15) is 0 Å². The second kappa shape index (κ2) is 7.32. The summed E-state index contributed by atoms with van der Waals surface area (Å²) in [4.78, 5) is 23.5. The van der Waals surface area contributed by atoms with Crippen molar-refractivity contribution in [3.63, 3.8) is 0 Å². The van der Waals surface area contributed by atoms with Crippen molar-refractivity contribution in [1.29, 1.82) is 0 Å². The molecule has 2 aromatic carbocycles. The van der Waals surface area contributed by atoms with Crippen LogP contribution in [0.1, 0.15) is 5.56 Å². The average Bonchev–Trinajstić information content (AvgIpc) is 2.60. The first kappa shape index (κ1) is 16.9. The van der Waals surface area contributed by atoms with E-state index in [0.717, 1.165) is 11.1 Å². The minimum Gasteiger partial charge on any atom is -0.326 e. The molecule has 0 spiro atoms. The minimum atomic E-state index is -0.160. The van der Waals surface area contributed by atoms with E-state index in [1.807, 2.05) is 30.3 Å². The quantitative estimate of drug-likeness (QED) is 0.782. The lowest BCUT2D eigenvalue weighted by molar-refractivity contribution is -0.115. The summed E-state index contributed by atoms with van der Waals surface area (Å²) < 4.78 is 1.29. The molecule has 1 heterocycles. The van der Waals surface area contributed by atoms with E-state index in [-0.39, 0.29) is 17.9 Å². The minimum absolute atomic E-state index is 0.138. The molecule has 0 aliphatic carbocycles. The smallest absolute Gasteiger partial charge is 0.266 e. The lowest BCUT2D eigenvalue weighted by atomic mass is 10.1. The summed E-state index contributed by atoms with van der Waals surface area (Å²) in [5, 5.41) is 7.62. The zero-order chi connectivity index (χ0) is 17.8. The Morgan fingerprint density at radius 1 is 1.08 bits per heavy atom. The fraction of sp³-hybridized carbons (Fsp3) is 0.105. The summed E-state index contributed by atoms with van der Waals surface area (Å²) in [7, 11) is 1.61. The fourth-order valence-corrected chi connectivity index (χ4v) is 2.60. The van der Waals surface area contributed by atoms with Crippen LogP contribution in [0, 0.1) is 0 Å². The third-order valence-corrected chi connectivity index (χ3v) is 4.10. The van der Waals surface area contributed by atoms with Crippen LogP contribution < -0.4 is 10.9 Å². The highest BCUT2D eigenvalue weighted by molar-refractivity contribution is 6.31. The van der Waals surface area contributed by atoms with Gasteiger partial charge in [0.05, 0.1) is 12.1 Å². The molecule has 126 valence electrons. The van der Waals surface area contributed by atoms with Gasteiger partial charge in [-0.25, -0.2) is 4.68 Å². The Morgan fingerprint density at radius 3 is 2.48 bits per heavy atom. The molecule has 0 saturated carbocycles. The van der Waals surface area contributed by atoms with Crippen molar-refractivity contribution in [3.8, 4) is 11.3 Å². The third-order valence-electron chi connectivity index (χ3n) is 3.73. The number of halogens is 1. The van der Waals surface area contributed by atoms with Gasteiger partial charge in [0.15, 0.2) is 0 Å². The van der Waals surface area contributed by atoms with Crippen molar-refractivity contribution in [3.05, 3.63) is 81.6 Å². The molecule has 1 aromatic heterocycles. The van der Waals surface area contributed by atoms with Gasteiger partial charge in [0, 0.05) is 29.4 Å². The van der Waals surface area contributed by atoms with E-state index in [2.05, 4.69) is 10.4 Å². The summed E-state index contributed by atoms with van der Waals surface area (Å²) >= 11 is 6.07. The summed E-state index contributed by atoms with van der Waals surface area (Å²) in [6.07, 6.45) is 0.212. The van der Waals surface area contributed by atoms with Gasteiger partial charge < -0.3 is 5.32 Å². The van der Waals surface area contributed by atoms with Gasteiger partial charge >= 0.3 is 0 Å². The Hall–Kier alpha value is -2.92. The summed E-state index contributed by atoms with van der Waals surface area (Å²) in [5.41, 5.74) is 2.86. The molecule has 1 amide bonds. The van der Waals surface area contributed by atoms with Crippen LogP contribution in [0.2, 0.25) is 5.02 Å². The molecule has 0 aliphatic heterocycles. The topological polar surface area (TPSA) is 64.0 Å². The molecular weight excluding hydrogens is 338 g/mol. The van der Waals surface area contributed by atoms with E-state index in [1.165, 1.54) is 10.7 Å². The van der Waals surface area contributed by atoms with E-state index in [9.17, 15) is 9.59 Å². The Labute approximate surface area is 149 Å². The Morgan fingerprint density at radius 2 is 1.80 bits per heavy atom. The first-order valence-corrected chi connectivity index (χ1v) is 8.09. The van der Waals surface area contributed by atoms with Gasteiger partial charge in [-0.15, -0.1) is 0 Å². The number of amides is 1. The molecule has 25 heavy (non-hydrogen) atoms. The maximum absolute atomic E-state index is 12.2. The Bertz CT molecular complexity index is 965. The van der Waals surface area contributed by atoms with Crippen molar-refractivity contribution in [2.75, 3.05) is 5.32 Å². The molecule has 0 unspecified atom stereocenters. The van der Waals surface area contributed by atoms with Crippen LogP contribution >= 0.6 is 11.6 Å². The number of hydrogen-bond acceptors (Lipinski definition) is 3. The zero-order valence-electron chi connectivity index (χ0n) is 13.6. The molecule has 1 N–H and O–H groups in total. The average molecular weight is 354 g/mol. The molecule has 0 saturated heterocycles. The number of nitrogens with zero attached hydrogens (tertiary/aromatic N) is 2. The predicted octanol–water partition coefficient (Wildman–Crippen LogP) is 3.28. The van der Waals surface area contributed by atoms with Crippen LogP contribution in [0.5, 0.6) is 0 Å². The monoisotopic (exact) mass is 353 g/mol. The zero-order valence-corrected chi connectivity index (χ0v) is 14.3. The highest BCUT2D eigenvalue weighted by Gasteiger charge is 2.08. The molecule has 5 nitrogen and oxygen atoms in total. The van der Waals surface area contributed by atoms with Crippen molar-refractivity contribution >= 4 is 23.2 Å². The number of nitrogens with one attached hydrogen (secondary N) is 1. The van der Waals surface area contributed by atoms with Gasteiger partial charge in [-0.3, -0.25) is 9.59 Å². The van der Waals surface area contributed by atoms with E-state index >= 15 is 0 Å². The Kier molecular flexibility index (Phi) is 4.95. The van der Waals surface area contributed by atoms with Gasteiger partial charge in [0.2, 0.25) is 5.91 Å². The van der Waals surface area contributed by atoms with Crippen molar-refractivity contribution < 1.29 is 4.79 Å². The van der Waals surface area contributed by atoms with Crippen LogP contribution in [0.25, 0.3) is 11.3 Å². The van der Waals surface area contributed by atoms with Crippen LogP contribution in [0.15, 0.2) is 65.5 Å². The Balaban J connectivity index is 1.70. The number of carbonyl (C=O) groups excluding carboxylic acids is 1. The highest BCUT2D eigenvalue weighted by atomic mass is 35.5. The fourth-order valence-electron chi connectivity index (χ4n) is 2.40. The normalized spacial score (nSPS) is 10.5. The van der Waals surface area contributed by atoms with Gasteiger partial charge in [-0.05, 0) is 29.8 Å². The van der Waals surface area contributed by atoms with Crippen molar-refractivity contribution in [2.45, 2.75) is 6.42 Å². The second-order valence-electron chi connectivity index (χ2n) is 5.57. The third kappa shape index (κ3) is 4.14. The van der Waals surface area contributed by atoms with Gasteiger partial charge in [0.25, 0.3) is 5.56 Å². The molecule has 6 heteroatoms. The molecule has 0 fully saturated rings. The summed E-state index contributed by atoms with van der Waals surface area (Å²) in [6, 6.07) is 17.7. The maximum atomic E-state index is 12.2. The molecule has 0 aliphatic rings. The number of aromatic nitrogens is 2. The number of carbonyl (C=O) groups is 1. The lowest BCUT2D eigenvalue weighted by Gasteiger charge is -2.08. The van der Waals surface area contributed by atoms with Crippen LogP contribution in [-0.4, -0.2) is 15.7 Å². The lowest BCUT2D eigenvalue weighted by Crippen LogP contribution is -2.18. The molecular formula is C19H16ClN3O2. The molecule has 0 radical (unpaired) electrons. The molecule has 0 atom stereocenters. The molecule has 3 aromatic rings. The second-order valence-corrected chi connectivity index (χ2v) is 5.98. The number of rotatable bonds is 4. The SMILES string of the molecule is Cn1nc(-c2ccc(NC(=O)Cc3ccccc3Cl)cc2)ccc1=O. The standard InChI is InChI=1S/C19H16ClN3O2/c1-23-19(25)11-10-17(22-23)13-6-8-15(9-7-13)21-18(24)12-14-4-2-3-5-16(14)20/h2-11H,12H2,1H3,(H,21,24). The van der Waals surface area contributed by atoms with Gasteiger partial charge in [-0.1, -0.05) is 41.9 Å². The van der Waals surface area contributed by atoms with Crippen LogP contribution in [-0.2, 0) is 18.3 Å². The van der Waals surface area contributed by atoms with Crippen LogP contribution in [0.3, 0.4) is 0 Å². The summed E-state index contributed by atoms with van der Waals surface area (Å²) in [6.45, 7) is 0.